The highest BCUT2D eigenvalue weighted by atomic mass is 15.0. The van der Waals surface area contributed by atoms with Crippen LogP contribution in [0.25, 0.3) is 56.2 Å². The van der Waals surface area contributed by atoms with Gasteiger partial charge in [0.25, 0.3) is 0 Å². The fourth-order valence-corrected chi connectivity index (χ4v) is 9.98. The van der Waals surface area contributed by atoms with Crippen LogP contribution < -0.4 is 0 Å². The van der Waals surface area contributed by atoms with E-state index in [1.54, 1.807) is 0 Å². The maximum Gasteiger partial charge on any atom is 0.164 e. The maximum absolute atomic E-state index is 5.44. The summed E-state index contributed by atoms with van der Waals surface area (Å²) >= 11 is 0. The molecule has 0 aliphatic heterocycles. The molecule has 1 aromatic heterocycles. The molecule has 10 rings (SSSR count). The van der Waals surface area contributed by atoms with Crippen molar-refractivity contribution in [2.45, 2.75) is 95.8 Å². The zero-order valence-corrected chi connectivity index (χ0v) is 34.2. The molecule has 7 aromatic rings. The van der Waals surface area contributed by atoms with E-state index < -0.39 is 5.41 Å². The number of hydrogen-bond acceptors (Lipinski definition) is 3. The lowest BCUT2D eigenvalue weighted by Gasteiger charge is -2.33. The van der Waals surface area contributed by atoms with E-state index in [4.69, 9.17) is 15.0 Å². The van der Waals surface area contributed by atoms with Crippen LogP contribution in [0.15, 0.2) is 133 Å². The smallest absolute Gasteiger partial charge is 0.164 e. The first-order chi connectivity index (χ1) is 27.5. The summed E-state index contributed by atoms with van der Waals surface area (Å²) in [5.41, 5.74) is 17.2. The summed E-state index contributed by atoms with van der Waals surface area (Å²) in [6.07, 6.45) is 5.96. The van der Waals surface area contributed by atoms with E-state index in [9.17, 15) is 0 Å². The molecule has 1 fully saturated rings. The molecule has 1 saturated carbocycles. The molecule has 57 heavy (non-hydrogen) atoms. The van der Waals surface area contributed by atoms with Crippen molar-refractivity contribution in [1.82, 2.24) is 15.0 Å². The third kappa shape index (κ3) is 5.72. The van der Waals surface area contributed by atoms with Gasteiger partial charge in [0.2, 0.25) is 0 Å². The Morgan fingerprint density at radius 3 is 1.63 bits per heavy atom. The molecule has 0 amide bonds. The van der Waals surface area contributed by atoms with Crippen LogP contribution in [0.2, 0.25) is 0 Å². The van der Waals surface area contributed by atoms with Gasteiger partial charge in [0.05, 0.1) is 5.41 Å². The monoisotopic (exact) mass is 741 g/mol. The SMILES string of the molecule is CC(C)(C)c1ccc2c(c1)C1(c3cc(C(C)(C)C)ccc3-2)c2ccccc2-c2c(-c3nc(-c4ccc(-c5ccccc5)cc4)nc(C4CCCCC4)n3)cccc21. The van der Waals surface area contributed by atoms with Crippen LogP contribution in [-0.2, 0) is 16.2 Å². The van der Waals surface area contributed by atoms with Gasteiger partial charge in [-0.25, -0.2) is 15.0 Å². The molecule has 3 aliphatic rings. The van der Waals surface area contributed by atoms with Gasteiger partial charge in [0, 0.05) is 17.0 Å². The Bertz CT molecular complexity index is 2600. The van der Waals surface area contributed by atoms with Crippen molar-refractivity contribution in [3.63, 3.8) is 0 Å². The average molecular weight is 742 g/mol. The number of hydrogen-bond donors (Lipinski definition) is 0. The predicted molar refractivity (Wildman–Crippen MR) is 236 cm³/mol. The topological polar surface area (TPSA) is 38.7 Å². The Labute approximate surface area is 338 Å². The second-order valence-corrected chi connectivity index (χ2v) is 18.7. The summed E-state index contributed by atoms with van der Waals surface area (Å²) in [5, 5.41) is 0. The van der Waals surface area contributed by atoms with E-state index in [1.165, 1.54) is 86.0 Å². The first-order valence-corrected chi connectivity index (χ1v) is 21.0. The zero-order valence-electron chi connectivity index (χ0n) is 34.2. The van der Waals surface area contributed by atoms with Gasteiger partial charge >= 0.3 is 0 Å². The zero-order chi connectivity index (χ0) is 39.1. The van der Waals surface area contributed by atoms with Crippen molar-refractivity contribution >= 4 is 0 Å². The highest BCUT2D eigenvalue weighted by Gasteiger charge is 2.53. The minimum atomic E-state index is -0.482. The van der Waals surface area contributed by atoms with Gasteiger partial charge in [-0.3, -0.25) is 0 Å². The summed E-state index contributed by atoms with van der Waals surface area (Å²) < 4.78 is 0. The average Bonchev–Trinajstić information content (AvgIpc) is 3.70. The Hall–Kier alpha value is -5.67. The second kappa shape index (κ2) is 13.2. The van der Waals surface area contributed by atoms with Crippen molar-refractivity contribution in [2.24, 2.45) is 0 Å². The van der Waals surface area contributed by atoms with E-state index in [0.29, 0.717) is 5.92 Å². The van der Waals surface area contributed by atoms with Crippen molar-refractivity contribution < 1.29 is 0 Å². The first kappa shape index (κ1) is 35.7. The molecule has 0 bridgehead atoms. The largest absolute Gasteiger partial charge is 0.213 e. The van der Waals surface area contributed by atoms with Crippen LogP contribution in [0.3, 0.4) is 0 Å². The molecule has 0 unspecified atom stereocenters. The highest BCUT2D eigenvalue weighted by molar-refractivity contribution is 5.99. The number of benzene rings is 6. The lowest BCUT2D eigenvalue weighted by atomic mass is 9.68. The standard InChI is InChI=1S/C54H51N3/c1-52(2,3)38-28-30-40-41-31-29-39(53(4,5)6)33-47(41)54(46(40)32-38)44-22-14-13-20-42(44)48-43(21-15-23-45(48)54)51-56-49(36-18-11-8-12-19-36)55-50(57-51)37-26-24-35(25-27-37)34-16-9-7-10-17-34/h7,9-10,13-17,20-33,36H,8,11-12,18-19H2,1-6H3. The molecule has 3 heteroatoms. The third-order valence-electron chi connectivity index (χ3n) is 13.1. The number of fused-ring (bicyclic) bond motifs is 10. The van der Waals surface area contributed by atoms with E-state index in [0.717, 1.165) is 41.4 Å². The number of nitrogens with zero attached hydrogens (tertiary/aromatic N) is 3. The van der Waals surface area contributed by atoms with Gasteiger partial charge in [-0.05, 0) is 90.4 Å². The maximum atomic E-state index is 5.44. The number of rotatable bonds is 4. The Kier molecular flexibility index (Phi) is 8.27. The first-order valence-electron chi connectivity index (χ1n) is 21.0. The molecule has 0 N–H and O–H groups in total. The predicted octanol–water partition coefficient (Wildman–Crippen LogP) is 13.9. The molecular weight excluding hydrogens is 691 g/mol. The van der Waals surface area contributed by atoms with Gasteiger partial charge in [0.15, 0.2) is 11.6 Å². The summed E-state index contributed by atoms with van der Waals surface area (Å²) in [6, 6.07) is 49.9. The highest BCUT2D eigenvalue weighted by Crippen LogP contribution is 2.64. The van der Waals surface area contributed by atoms with Crippen LogP contribution in [0, 0.1) is 0 Å². The van der Waals surface area contributed by atoms with E-state index in [1.807, 2.05) is 0 Å². The van der Waals surface area contributed by atoms with Crippen LogP contribution >= 0.6 is 0 Å². The van der Waals surface area contributed by atoms with Gasteiger partial charge in [-0.2, -0.15) is 0 Å². The lowest BCUT2D eigenvalue weighted by molar-refractivity contribution is 0.428. The van der Waals surface area contributed by atoms with E-state index in [2.05, 4.69) is 175 Å². The molecule has 0 atom stereocenters. The minimum Gasteiger partial charge on any atom is -0.213 e. The Morgan fingerprint density at radius 1 is 0.439 bits per heavy atom. The van der Waals surface area contributed by atoms with Crippen molar-refractivity contribution in [2.75, 3.05) is 0 Å². The summed E-state index contributed by atoms with van der Waals surface area (Å²) in [5.74, 6) is 2.78. The molecule has 3 nitrogen and oxygen atoms in total. The molecule has 6 aromatic carbocycles. The van der Waals surface area contributed by atoms with Crippen LogP contribution in [0.5, 0.6) is 0 Å². The summed E-state index contributed by atoms with van der Waals surface area (Å²) in [6.45, 7) is 14.0. The van der Waals surface area contributed by atoms with Crippen LogP contribution in [0.4, 0.5) is 0 Å². The third-order valence-corrected chi connectivity index (χ3v) is 13.1. The van der Waals surface area contributed by atoms with Crippen molar-refractivity contribution in [3.05, 3.63) is 173 Å². The number of aromatic nitrogens is 3. The Balaban J connectivity index is 1.22. The van der Waals surface area contributed by atoms with Crippen molar-refractivity contribution in [3.8, 4) is 56.2 Å². The molecule has 1 heterocycles. The van der Waals surface area contributed by atoms with Crippen molar-refractivity contribution in [1.29, 1.82) is 0 Å². The molecule has 1 spiro atoms. The van der Waals surface area contributed by atoms with E-state index >= 15 is 0 Å². The molecule has 0 radical (unpaired) electrons. The van der Waals surface area contributed by atoms with E-state index in [-0.39, 0.29) is 10.8 Å². The second-order valence-electron chi connectivity index (χ2n) is 18.7. The summed E-state index contributed by atoms with van der Waals surface area (Å²) in [4.78, 5) is 16.1. The molecule has 3 aliphatic carbocycles. The fourth-order valence-electron chi connectivity index (χ4n) is 9.98. The van der Waals surface area contributed by atoms with Gasteiger partial charge in [0.1, 0.15) is 5.82 Å². The molecular formula is C54H51N3. The minimum absolute atomic E-state index is 0.000459. The fraction of sp³-hybridized carbons (Fsp3) is 0.278. The Morgan fingerprint density at radius 2 is 0.982 bits per heavy atom. The van der Waals surface area contributed by atoms with Gasteiger partial charge < -0.3 is 0 Å². The lowest BCUT2D eigenvalue weighted by Crippen LogP contribution is -2.27. The molecule has 0 saturated heterocycles. The van der Waals surface area contributed by atoms with Gasteiger partial charge in [-0.1, -0.05) is 194 Å². The quantitative estimate of drug-likeness (QED) is 0.180. The summed E-state index contributed by atoms with van der Waals surface area (Å²) in [7, 11) is 0. The van der Waals surface area contributed by atoms with Gasteiger partial charge in [-0.15, -0.1) is 0 Å². The normalized spacial score (nSPS) is 15.6. The van der Waals surface area contributed by atoms with Crippen LogP contribution in [0.1, 0.15) is 119 Å². The molecule has 282 valence electrons. The van der Waals surface area contributed by atoms with Crippen LogP contribution in [-0.4, -0.2) is 15.0 Å².